The molecule has 6 nitrogen and oxygen atoms in total. The summed E-state index contributed by atoms with van der Waals surface area (Å²) in [4.78, 5) is 37.8. The van der Waals surface area contributed by atoms with Crippen molar-refractivity contribution in [3.05, 3.63) is 0 Å². The van der Waals surface area contributed by atoms with Crippen LogP contribution < -0.4 is 15.6 Å². The summed E-state index contributed by atoms with van der Waals surface area (Å²) in [7, 11) is 1.000. The number of unbranched alkanes of at least 4 members (excludes halogenated alkanes) is 1. The Kier molecular flexibility index (Phi) is 12.8. The lowest BCUT2D eigenvalue weighted by atomic mass is 10.1. The van der Waals surface area contributed by atoms with E-state index >= 15 is 0 Å². The van der Waals surface area contributed by atoms with Gasteiger partial charge in [0.1, 0.15) is 15.7 Å². The van der Waals surface area contributed by atoms with E-state index in [0.29, 0.717) is 13.0 Å². The lowest BCUT2D eigenvalue weighted by Crippen LogP contribution is -2.51. The summed E-state index contributed by atoms with van der Waals surface area (Å²) < 4.78 is 0.169. The van der Waals surface area contributed by atoms with Gasteiger partial charge in [0, 0.05) is 24.8 Å². The van der Waals surface area contributed by atoms with Crippen LogP contribution in [0.3, 0.4) is 0 Å². The molecule has 0 aromatic carbocycles. The number of carbonyl (C=O) groups is 3. The molecule has 0 bridgehead atoms. The normalized spacial score (nSPS) is 12.9. The SMILES string of the molecule is CCC(CC)([SiH2]NC(=O)C(CCCCNC(C)=O)NC(C)=O)SI. The highest BCUT2D eigenvalue weighted by molar-refractivity contribution is 14.2. The number of halogens is 1. The van der Waals surface area contributed by atoms with Crippen molar-refractivity contribution in [2.24, 2.45) is 0 Å². The first kappa shape index (κ1) is 23.7. The maximum absolute atomic E-state index is 12.5. The number of hydrogen-bond acceptors (Lipinski definition) is 4. The van der Waals surface area contributed by atoms with Gasteiger partial charge in [0.15, 0.2) is 0 Å². The monoisotopic (exact) mass is 487 g/mol. The first-order chi connectivity index (χ1) is 11.3. The molecule has 0 fully saturated rings. The van der Waals surface area contributed by atoms with E-state index < -0.39 is 15.7 Å². The largest absolute Gasteiger partial charge is 0.384 e. The van der Waals surface area contributed by atoms with Crippen molar-refractivity contribution in [2.45, 2.75) is 70.2 Å². The van der Waals surface area contributed by atoms with Crippen molar-refractivity contribution >= 4 is 57.5 Å². The third-order valence-corrected chi connectivity index (χ3v) is 12.5. The molecule has 0 aromatic rings. The van der Waals surface area contributed by atoms with Gasteiger partial charge in [-0.2, -0.15) is 0 Å². The van der Waals surface area contributed by atoms with Crippen LogP contribution in [0.1, 0.15) is 59.8 Å². The summed E-state index contributed by atoms with van der Waals surface area (Å²) >= 11 is 2.32. The van der Waals surface area contributed by atoms with E-state index in [4.69, 9.17) is 0 Å². The van der Waals surface area contributed by atoms with Gasteiger partial charge >= 0.3 is 0 Å². The Hall–Kier alpha value is -0.293. The molecule has 24 heavy (non-hydrogen) atoms. The topological polar surface area (TPSA) is 87.3 Å². The van der Waals surface area contributed by atoms with E-state index in [9.17, 15) is 14.4 Å². The molecular weight excluding hydrogens is 457 g/mol. The zero-order valence-electron chi connectivity index (χ0n) is 15.0. The lowest BCUT2D eigenvalue weighted by Gasteiger charge is -2.29. The van der Waals surface area contributed by atoms with E-state index in [2.05, 4.69) is 50.7 Å². The molecule has 0 heterocycles. The smallest absolute Gasteiger partial charge is 0.234 e. The van der Waals surface area contributed by atoms with Crippen LogP contribution in [0.5, 0.6) is 0 Å². The van der Waals surface area contributed by atoms with Gasteiger partial charge in [0.2, 0.25) is 17.7 Å². The first-order valence-corrected chi connectivity index (χ1v) is 13.2. The number of hydrogen-bond donors (Lipinski definition) is 3. The van der Waals surface area contributed by atoms with E-state index in [0.717, 1.165) is 25.7 Å². The third-order valence-electron chi connectivity index (χ3n) is 4.02. The Balaban J connectivity index is 4.49. The Labute approximate surface area is 163 Å². The van der Waals surface area contributed by atoms with Crippen molar-refractivity contribution < 1.29 is 14.4 Å². The Morgan fingerprint density at radius 3 is 2.21 bits per heavy atom. The molecule has 3 amide bonds. The van der Waals surface area contributed by atoms with Gasteiger partial charge in [-0.1, -0.05) is 22.8 Å². The molecule has 1 atom stereocenters. The van der Waals surface area contributed by atoms with E-state index in [1.807, 2.05) is 0 Å². The van der Waals surface area contributed by atoms with Crippen LogP contribution in [0.15, 0.2) is 0 Å². The summed E-state index contributed by atoms with van der Waals surface area (Å²) in [6, 6.07) is -0.488. The summed E-state index contributed by atoms with van der Waals surface area (Å²) in [5.74, 6) is -0.323. The second-order valence-electron chi connectivity index (χ2n) is 5.92. The maximum atomic E-state index is 12.5. The minimum atomic E-state index is -0.802. The van der Waals surface area contributed by atoms with Crippen molar-refractivity contribution in [3.8, 4) is 0 Å². The molecule has 0 rings (SSSR count). The number of carbonyl (C=O) groups excluding carboxylic acids is 3. The number of rotatable bonds is 12. The summed E-state index contributed by atoms with van der Waals surface area (Å²) in [5, 5.41) is 5.48. The molecule has 0 radical (unpaired) electrons. The fourth-order valence-corrected chi connectivity index (χ4v) is 7.43. The quantitative estimate of drug-likeness (QED) is 0.222. The summed E-state index contributed by atoms with van der Waals surface area (Å²) in [6.07, 6.45) is 4.21. The van der Waals surface area contributed by atoms with Crippen LogP contribution in [0.4, 0.5) is 0 Å². The molecule has 0 aliphatic heterocycles. The average molecular weight is 487 g/mol. The second-order valence-corrected chi connectivity index (χ2v) is 10.8. The predicted molar refractivity (Wildman–Crippen MR) is 112 cm³/mol. The maximum Gasteiger partial charge on any atom is 0.234 e. The molecule has 3 N–H and O–H groups in total. The standard InChI is InChI=1S/C15H30IN3O3SSi/c1-5-15(6-2,23-16)24-19-14(22)13(18-12(4)21)9-7-8-10-17-11(3)20/h13H,5-10,24H2,1-4H3,(H,17,20)(H,18,21)(H,19,22). The summed E-state index contributed by atoms with van der Waals surface area (Å²) in [5.41, 5.74) is 0. The van der Waals surface area contributed by atoms with Crippen molar-refractivity contribution in [3.63, 3.8) is 0 Å². The Morgan fingerprint density at radius 1 is 1.12 bits per heavy atom. The van der Waals surface area contributed by atoms with Gasteiger partial charge in [-0.05, 0) is 53.3 Å². The average Bonchev–Trinajstić information content (AvgIpc) is 2.54. The number of nitrogens with one attached hydrogen (secondary N) is 3. The van der Waals surface area contributed by atoms with Gasteiger partial charge in [-0.3, -0.25) is 14.4 Å². The summed E-state index contributed by atoms with van der Waals surface area (Å²) in [6.45, 7) is 7.82. The van der Waals surface area contributed by atoms with Gasteiger partial charge in [0.25, 0.3) is 0 Å². The lowest BCUT2D eigenvalue weighted by molar-refractivity contribution is -0.127. The van der Waals surface area contributed by atoms with Crippen LogP contribution in [-0.2, 0) is 14.4 Å². The fourth-order valence-electron chi connectivity index (χ4n) is 2.26. The van der Waals surface area contributed by atoms with E-state index in [1.165, 1.54) is 13.8 Å². The third kappa shape index (κ3) is 9.87. The molecule has 140 valence electrons. The minimum absolute atomic E-state index is 0.0519. The Bertz CT molecular complexity index is 415. The van der Waals surface area contributed by atoms with Gasteiger partial charge in [-0.15, -0.1) is 0 Å². The molecule has 0 aliphatic carbocycles. The molecule has 0 aromatic heterocycles. The van der Waals surface area contributed by atoms with E-state index in [-0.39, 0.29) is 22.1 Å². The van der Waals surface area contributed by atoms with Crippen molar-refractivity contribution in [2.75, 3.05) is 6.54 Å². The highest BCUT2D eigenvalue weighted by Gasteiger charge is 2.29. The molecule has 0 saturated carbocycles. The van der Waals surface area contributed by atoms with Crippen LogP contribution >= 0.6 is 30.1 Å². The van der Waals surface area contributed by atoms with Gasteiger partial charge in [-0.25, -0.2) is 0 Å². The van der Waals surface area contributed by atoms with E-state index in [1.54, 1.807) is 8.93 Å². The van der Waals surface area contributed by atoms with Gasteiger partial charge < -0.3 is 15.6 Å². The van der Waals surface area contributed by atoms with Gasteiger partial charge in [0.05, 0.1) is 0 Å². The Morgan fingerprint density at radius 2 is 1.75 bits per heavy atom. The van der Waals surface area contributed by atoms with Crippen LogP contribution in [0.25, 0.3) is 0 Å². The molecule has 0 spiro atoms. The zero-order chi connectivity index (χ0) is 18.6. The highest BCUT2D eigenvalue weighted by atomic mass is 127. The van der Waals surface area contributed by atoms with Crippen molar-refractivity contribution in [1.29, 1.82) is 0 Å². The zero-order valence-corrected chi connectivity index (χ0v) is 19.4. The molecule has 0 saturated heterocycles. The first-order valence-electron chi connectivity index (χ1n) is 8.39. The van der Waals surface area contributed by atoms with Crippen molar-refractivity contribution in [1.82, 2.24) is 15.6 Å². The molecular formula is C15H30IN3O3SSi. The van der Waals surface area contributed by atoms with Crippen LogP contribution in [0.2, 0.25) is 0 Å². The predicted octanol–water partition coefficient (Wildman–Crippen LogP) is 1.60. The minimum Gasteiger partial charge on any atom is -0.384 e. The molecule has 1 unspecified atom stereocenters. The van der Waals surface area contributed by atoms with Crippen LogP contribution in [0, 0.1) is 0 Å². The number of amides is 3. The fraction of sp³-hybridized carbons (Fsp3) is 0.800. The second kappa shape index (κ2) is 13.0. The molecule has 9 heteroatoms. The highest BCUT2D eigenvalue weighted by Crippen LogP contribution is 2.35. The van der Waals surface area contributed by atoms with Crippen LogP contribution in [-0.4, -0.2) is 44.4 Å². The molecule has 0 aliphatic rings.